The van der Waals surface area contributed by atoms with Crippen molar-refractivity contribution in [2.75, 3.05) is 20.2 Å². The second-order valence-electron chi connectivity index (χ2n) is 11.3. The summed E-state index contributed by atoms with van der Waals surface area (Å²) in [5.74, 6) is 1.86. The van der Waals surface area contributed by atoms with E-state index in [0.29, 0.717) is 30.8 Å². The van der Waals surface area contributed by atoms with Gasteiger partial charge in [0.2, 0.25) is 11.8 Å². The molecular weight excluding hydrogens is 521 g/mol. The molecular formula is C33H42FN3O4. The molecule has 2 amide bonds. The van der Waals surface area contributed by atoms with Gasteiger partial charge in [0.05, 0.1) is 18.8 Å². The maximum atomic E-state index is 14.6. The molecule has 1 aliphatic carbocycles. The lowest BCUT2D eigenvalue weighted by molar-refractivity contribution is -0.139. The summed E-state index contributed by atoms with van der Waals surface area (Å²) in [7, 11) is 1.59. The third-order valence-corrected chi connectivity index (χ3v) is 8.24. The standard InChI is InChI=1S/C33H42FN3O4/c1-4-10-29-32(40)36-28(30(38)22-35-33(14-15-33)25-12-9-11-23(5-2)17-25)20-24-18-26(34)21-27(19-24)41-16-8-6-7-13-31(39)37(29)3/h1,9,11-12,17-19,21,28-30,35,38H,5-8,10,13-16,20,22H2,2-3H3,(H,36,40)/t28?,29?,30-/m1/s1. The molecule has 1 aliphatic heterocycles. The fraction of sp³-hybridized carbons (Fsp3) is 0.515. The molecule has 7 nitrogen and oxygen atoms in total. The molecule has 0 spiro atoms. The lowest BCUT2D eigenvalue weighted by Gasteiger charge is -2.31. The van der Waals surface area contributed by atoms with E-state index in [9.17, 15) is 19.1 Å². The number of halogens is 1. The highest BCUT2D eigenvalue weighted by atomic mass is 19.1. The number of benzene rings is 2. The highest BCUT2D eigenvalue weighted by molar-refractivity contribution is 5.88. The Kier molecular flexibility index (Phi) is 10.4. The van der Waals surface area contributed by atoms with Crippen molar-refractivity contribution in [3.05, 3.63) is 65.0 Å². The van der Waals surface area contributed by atoms with Crippen LogP contribution in [0, 0.1) is 18.2 Å². The molecule has 2 aromatic rings. The van der Waals surface area contributed by atoms with Crippen molar-refractivity contribution in [1.29, 1.82) is 0 Å². The fourth-order valence-electron chi connectivity index (χ4n) is 5.47. The van der Waals surface area contributed by atoms with Crippen LogP contribution in [0.4, 0.5) is 4.39 Å². The quantitative estimate of drug-likeness (QED) is 0.445. The van der Waals surface area contributed by atoms with Gasteiger partial charge in [0.15, 0.2) is 0 Å². The summed E-state index contributed by atoms with van der Waals surface area (Å²) < 4.78 is 20.3. The number of aliphatic hydroxyl groups is 1. The van der Waals surface area contributed by atoms with Crippen molar-refractivity contribution in [3.63, 3.8) is 0 Å². The Bertz CT molecular complexity index is 1260. The molecule has 2 bridgehead atoms. The molecule has 0 aromatic heterocycles. The van der Waals surface area contributed by atoms with Crippen LogP contribution in [0.5, 0.6) is 5.75 Å². The van der Waals surface area contributed by atoms with Crippen LogP contribution in [0.15, 0.2) is 42.5 Å². The van der Waals surface area contributed by atoms with Gasteiger partial charge in [-0.1, -0.05) is 31.2 Å². The van der Waals surface area contributed by atoms with Gasteiger partial charge in [-0.05, 0) is 73.8 Å². The van der Waals surface area contributed by atoms with Gasteiger partial charge in [0.1, 0.15) is 17.6 Å². The molecule has 8 heteroatoms. The van der Waals surface area contributed by atoms with E-state index in [1.54, 1.807) is 13.1 Å². The predicted molar refractivity (Wildman–Crippen MR) is 157 cm³/mol. The molecule has 2 unspecified atom stereocenters. The van der Waals surface area contributed by atoms with Gasteiger partial charge in [-0.3, -0.25) is 9.59 Å². The van der Waals surface area contributed by atoms with Crippen LogP contribution in [-0.4, -0.2) is 60.2 Å². The van der Waals surface area contributed by atoms with Crippen LogP contribution in [0.1, 0.15) is 68.6 Å². The molecule has 3 atom stereocenters. The number of likely N-dealkylation sites (N-methyl/N-ethyl adjacent to an activating group) is 1. The van der Waals surface area contributed by atoms with Crippen molar-refractivity contribution in [3.8, 4) is 18.1 Å². The Morgan fingerprint density at radius 2 is 2.02 bits per heavy atom. The normalized spacial score (nSPS) is 22.3. The van der Waals surface area contributed by atoms with E-state index >= 15 is 0 Å². The maximum absolute atomic E-state index is 14.6. The lowest BCUT2D eigenvalue weighted by Crippen LogP contribution is -2.55. The molecule has 220 valence electrons. The first-order valence-corrected chi connectivity index (χ1v) is 14.7. The number of terminal acetylenes is 1. The number of hydrogen-bond donors (Lipinski definition) is 3. The van der Waals surface area contributed by atoms with Gasteiger partial charge in [-0.15, -0.1) is 12.3 Å². The average molecular weight is 564 g/mol. The van der Waals surface area contributed by atoms with Gasteiger partial charge in [-0.25, -0.2) is 4.39 Å². The number of carbonyl (C=O) groups is 2. The highest BCUT2D eigenvalue weighted by Gasteiger charge is 2.44. The van der Waals surface area contributed by atoms with Crippen molar-refractivity contribution < 1.29 is 23.8 Å². The van der Waals surface area contributed by atoms with Gasteiger partial charge in [-0.2, -0.15) is 0 Å². The lowest BCUT2D eigenvalue weighted by atomic mass is 9.97. The number of amides is 2. The van der Waals surface area contributed by atoms with Gasteiger partial charge < -0.3 is 25.4 Å². The molecule has 1 fully saturated rings. The minimum absolute atomic E-state index is 0.0456. The Balaban J connectivity index is 1.57. The third-order valence-electron chi connectivity index (χ3n) is 8.24. The summed E-state index contributed by atoms with van der Waals surface area (Å²) in [5, 5.41) is 17.9. The van der Waals surface area contributed by atoms with E-state index in [2.05, 4.69) is 47.7 Å². The van der Waals surface area contributed by atoms with E-state index < -0.39 is 29.9 Å². The molecule has 3 N–H and O–H groups in total. The van der Waals surface area contributed by atoms with E-state index in [0.717, 1.165) is 25.7 Å². The molecule has 0 saturated heterocycles. The van der Waals surface area contributed by atoms with Crippen LogP contribution in [-0.2, 0) is 28.0 Å². The molecule has 4 rings (SSSR count). The van der Waals surface area contributed by atoms with Crippen molar-refractivity contribution in [2.24, 2.45) is 0 Å². The Morgan fingerprint density at radius 1 is 1.22 bits per heavy atom. The Labute approximate surface area is 242 Å². The zero-order valence-corrected chi connectivity index (χ0v) is 24.1. The van der Waals surface area contributed by atoms with Crippen LogP contribution in [0.3, 0.4) is 0 Å². The van der Waals surface area contributed by atoms with Gasteiger partial charge in [0.25, 0.3) is 0 Å². The molecule has 2 aromatic carbocycles. The third kappa shape index (κ3) is 8.08. The minimum Gasteiger partial charge on any atom is -0.493 e. The molecule has 1 heterocycles. The van der Waals surface area contributed by atoms with Crippen LogP contribution < -0.4 is 15.4 Å². The van der Waals surface area contributed by atoms with Crippen LogP contribution in [0.25, 0.3) is 0 Å². The average Bonchev–Trinajstić information content (AvgIpc) is 3.76. The van der Waals surface area contributed by atoms with Gasteiger partial charge in [0, 0.05) is 38.0 Å². The monoisotopic (exact) mass is 563 g/mol. The first kappa shape index (κ1) is 30.5. The number of ether oxygens (including phenoxy) is 1. The number of aryl methyl sites for hydroxylation is 1. The second-order valence-corrected chi connectivity index (χ2v) is 11.3. The Hall–Kier alpha value is -3.41. The fourth-order valence-corrected chi connectivity index (χ4v) is 5.47. The van der Waals surface area contributed by atoms with E-state index in [-0.39, 0.29) is 37.3 Å². The summed E-state index contributed by atoms with van der Waals surface area (Å²) in [6.45, 7) is 2.74. The van der Waals surface area contributed by atoms with E-state index in [4.69, 9.17) is 11.2 Å². The van der Waals surface area contributed by atoms with Crippen molar-refractivity contribution in [2.45, 2.75) is 88.4 Å². The topological polar surface area (TPSA) is 90.9 Å². The molecule has 0 radical (unpaired) electrons. The number of hydrogen-bond acceptors (Lipinski definition) is 5. The summed E-state index contributed by atoms with van der Waals surface area (Å²) >= 11 is 0. The van der Waals surface area contributed by atoms with Crippen LogP contribution >= 0.6 is 0 Å². The second kappa shape index (κ2) is 14.0. The smallest absolute Gasteiger partial charge is 0.244 e. The van der Waals surface area contributed by atoms with Crippen LogP contribution in [0.2, 0.25) is 0 Å². The maximum Gasteiger partial charge on any atom is 0.244 e. The predicted octanol–water partition coefficient (Wildman–Crippen LogP) is 3.86. The van der Waals surface area contributed by atoms with E-state index in [1.165, 1.54) is 28.2 Å². The zero-order valence-electron chi connectivity index (χ0n) is 24.1. The molecule has 1 saturated carbocycles. The van der Waals surface area contributed by atoms with E-state index in [1.807, 2.05) is 0 Å². The highest BCUT2D eigenvalue weighted by Crippen LogP contribution is 2.45. The Morgan fingerprint density at radius 3 is 2.76 bits per heavy atom. The SMILES string of the molecule is C#CCC1C(=O)NC([C@H](O)CNC2(c3cccc(CC)c3)CC2)Cc2cc(F)cc(c2)OCCCCCC(=O)N1C. The number of nitrogens with one attached hydrogen (secondary N) is 2. The number of fused-ring (bicyclic) bond motifs is 2. The number of carbonyl (C=O) groups excluding carboxylic acids is 2. The largest absolute Gasteiger partial charge is 0.493 e. The van der Waals surface area contributed by atoms with Crippen molar-refractivity contribution in [1.82, 2.24) is 15.5 Å². The number of aliphatic hydroxyl groups excluding tert-OH is 1. The summed E-state index contributed by atoms with van der Waals surface area (Å²) in [6.07, 6.45) is 10.0. The molecule has 2 aliphatic rings. The summed E-state index contributed by atoms with van der Waals surface area (Å²) in [4.78, 5) is 27.8. The van der Waals surface area contributed by atoms with Gasteiger partial charge >= 0.3 is 0 Å². The number of rotatable bonds is 7. The minimum atomic E-state index is -0.996. The first-order chi connectivity index (χ1) is 19.7. The summed E-state index contributed by atoms with van der Waals surface area (Å²) in [6, 6.07) is 11.3. The summed E-state index contributed by atoms with van der Waals surface area (Å²) in [5.41, 5.74) is 2.81. The van der Waals surface area contributed by atoms with Crippen molar-refractivity contribution >= 4 is 11.8 Å². The first-order valence-electron chi connectivity index (χ1n) is 14.7. The zero-order chi connectivity index (χ0) is 29.4. The number of nitrogens with zero attached hydrogens (tertiary/aromatic N) is 1. The molecule has 41 heavy (non-hydrogen) atoms.